The van der Waals surface area contributed by atoms with Crippen molar-refractivity contribution in [2.45, 2.75) is 88.9 Å². The number of fused-ring (bicyclic) bond motifs is 7. The fourth-order valence-corrected chi connectivity index (χ4v) is 13.5. The molecule has 0 atom stereocenters. The molecule has 0 saturated heterocycles. The zero-order valence-electron chi connectivity index (χ0n) is 29.9. The van der Waals surface area contributed by atoms with Crippen LogP contribution in [0.5, 0.6) is 0 Å². The molecule has 250 valence electrons. The summed E-state index contributed by atoms with van der Waals surface area (Å²) in [5.74, 6) is 3.28. The van der Waals surface area contributed by atoms with Gasteiger partial charge in [0.2, 0.25) is 0 Å². The molecule has 12 rings (SSSR count). The van der Waals surface area contributed by atoms with Gasteiger partial charge in [-0.2, -0.15) is 0 Å². The number of thiophene rings is 1. The Morgan fingerprint density at radius 1 is 0.540 bits per heavy atom. The molecule has 0 amide bonds. The van der Waals surface area contributed by atoms with E-state index in [2.05, 4.69) is 136 Å². The van der Waals surface area contributed by atoms with Gasteiger partial charge in [0, 0.05) is 37.0 Å². The molecule has 4 saturated carbocycles. The number of benzene rings is 5. The van der Waals surface area contributed by atoms with E-state index in [1.807, 2.05) is 11.3 Å². The maximum absolute atomic E-state index is 2.70. The topological polar surface area (TPSA) is 3.24 Å². The lowest BCUT2D eigenvalue weighted by molar-refractivity contribution is -0.0397. The summed E-state index contributed by atoms with van der Waals surface area (Å²) in [5.41, 5.74) is 13.7. The van der Waals surface area contributed by atoms with Crippen LogP contribution in [0, 0.1) is 23.7 Å². The quantitative estimate of drug-likeness (QED) is 0.181. The number of anilines is 3. The zero-order valence-corrected chi connectivity index (χ0v) is 30.7. The molecule has 1 aromatic heterocycles. The largest absolute Gasteiger partial charge is 0.310 e. The molecule has 2 heteroatoms. The Bertz CT molecular complexity index is 2340. The molecule has 0 unspecified atom stereocenters. The van der Waals surface area contributed by atoms with E-state index in [0.29, 0.717) is 0 Å². The first-order valence-corrected chi connectivity index (χ1v) is 20.1. The molecule has 6 aliphatic carbocycles. The summed E-state index contributed by atoms with van der Waals surface area (Å²) in [6, 6.07) is 40.7. The lowest BCUT2D eigenvalue weighted by Crippen LogP contribution is -2.55. The zero-order chi connectivity index (χ0) is 33.6. The van der Waals surface area contributed by atoms with Crippen LogP contribution in [-0.2, 0) is 16.2 Å². The summed E-state index contributed by atoms with van der Waals surface area (Å²) in [4.78, 5) is 2.70. The van der Waals surface area contributed by atoms with Crippen LogP contribution in [-0.4, -0.2) is 0 Å². The minimum Gasteiger partial charge on any atom is -0.310 e. The smallest absolute Gasteiger partial charge is 0.0509 e. The van der Waals surface area contributed by atoms with E-state index in [0.717, 1.165) is 23.7 Å². The summed E-state index contributed by atoms with van der Waals surface area (Å²) in [6.45, 7) is 9.84. The van der Waals surface area contributed by atoms with Crippen molar-refractivity contribution in [3.8, 4) is 11.1 Å². The molecule has 50 heavy (non-hydrogen) atoms. The molecule has 4 fully saturated rings. The van der Waals surface area contributed by atoms with Gasteiger partial charge < -0.3 is 4.90 Å². The van der Waals surface area contributed by atoms with Crippen LogP contribution in [0.3, 0.4) is 0 Å². The first-order chi connectivity index (χ1) is 24.2. The number of hydrogen-bond donors (Lipinski definition) is 0. The van der Waals surface area contributed by atoms with Crippen LogP contribution in [0.15, 0.2) is 103 Å². The van der Waals surface area contributed by atoms with Crippen molar-refractivity contribution >= 4 is 48.6 Å². The van der Waals surface area contributed by atoms with E-state index in [4.69, 9.17) is 0 Å². The van der Waals surface area contributed by atoms with Crippen LogP contribution in [0.2, 0.25) is 0 Å². The van der Waals surface area contributed by atoms with Crippen LogP contribution >= 0.6 is 11.3 Å². The van der Waals surface area contributed by atoms with Crippen LogP contribution in [0.1, 0.15) is 94.9 Å². The lowest BCUT2D eigenvalue weighted by atomic mass is 9.43. The predicted molar refractivity (Wildman–Crippen MR) is 213 cm³/mol. The first kappa shape index (κ1) is 29.8. The Hall–Kier alpha value is -3.88. The lowest BCUT2D eigenvalue weighted by Gasteiger charge is -2.61. The second kappa shape index (κ2) is 10.1. The van der Waals surface area contributed by atoms with Gasteiger partial charge in [0.05, 0.1) is 5.69 Å². The molecule has 1 spiro atoms. The minimum atomic E-state index is 0.0861. The van der Waals surface area contributed by atoms with Gasteiger partial charge in [-0.25, -0.2) is 0 Å². The van der Waals surface area contributed by atoms with Gasteiger partial charge in [-0.15, -0.1) is 11.3 Å². The Balaban J connectivity index is 1.21. The van der Waals surface area contributed by atoms with Gasteiger partial charge in [-0.3, -0.25) is 0 Å². The summed E-state index contributed by atoms with van der Waals surface area (Å²) in [7, 11) is 0. The van der Waals surface area contributed by atoms with E-state index in [-0.39, 0.29) is 16.2 Å². The standard InChI is InChI=1S/C48H47NS/c1-46(2)20-21-47(3,4)41-28-34(16-18-40(41)46)49(33-17-19-44-38(27-33)36-11-6-8-15-43(36)50-44)42-14-9-12-37-35-10-5-7-13-39(35)48(45(37)42)31-23-29-22-30(25-31)26-32(48)24-29/h5-19,27-32H,20-26H2,1-4H3. The maximum atomic E-state index is 2.70. The highest BCUT2D eigenvalue weighted by Crippen LogP contribution is 2.71. The maximum Gasteiger partial charge on any atom is 0.0509 e. The monoisotopic (exact) mass is 669 g/mol. The molecule has 6 aliphatic rings. The highest BCUT2D eigenvalue weighted by molar-refractivity contribution is 7.25. The number of nitrogens with zero attached hydrogens (tertiary/aromatic N) is 1. The van der Waals surface area contributed by atoms with E-state index >= 15 is 0 Å². The summed E-state index contributed by atoms with van der Waals surface area (Å²) in [5, 5.41) is 2.73. The fourth-order valence-electron chi connectivity index (χ4n) is 12.4. The molecule has 6 aromatic rings. The van der Waals surface area contributed by atoms with Gasteiger partial charge in [-0.05, 0) is 155 Å². The molecule has 0 N–H and O–H groups in total. The third-order valence-electron chi connectivity index (χ3n) is 14.5. The number of hydrogen-bond acceptors (Lipinski definition) is 2. The molecular formula is C48H47NS. The van der Waals surface area contributed by atoms with Gasteiger partial charge in [0.25, 0.3) is 0 Å². The van der Waals surface area contributed by atoms with Crippen molar-refractivity contribution in [1.82, 2.24) is 0 Å². The van der Waals surface area contributed by atoms with Crippen molar-refractivity contribution in [3.63, 3.8) is 0 Å². The molecule has 1 nitrogen and oxygen atoms in total. The van der Waals surface area contributed by atoms with E-state index < -0.39 is 0 Å². The SMILES string of the molecule is CC1(C)CCC(C)(C)c2cc(N(c3ccc4sc5ccccc5c4c3)c3cccc4c3C3(c5ccccc5-4)C4CC5CC(C4)CC3C5)ccc21. The van der Waals surface area contributed by atoms with Crippen LogP contribution in [0.4, 0.5) is 17.1 Å². The molecule has 1 heterocycles. The third-order valence-corrected chi connectivity index (χ3v) is 15.7. The Morgan fingerprint density at radius 3 is 1.98 bits per heavy atom. The fraction of sp³-hybridized carbons (Fsp3) is 0.375. The van der Waals surface area contributed by atoms with Gasteiger partial charge in [0.1, 0.15) is 0 Å². The summed E-state index contributed by atoms with van der Waals surface area (Å²) >= 11 is 1.92. The highest BCUT2D eigenvalue weighted by Gasteiger charge is 2.62. The van der Waals surface area contributed by atoms with E-state index in [1.165, 1.54) is 104 Å². The van der Waals surface area contributed by atoms with Crippen molar-refractivity contribution in [2.24, 2.45) is 23.7 Å². The summed E-state index contributed by atoms with van der Waals surface area (Å²) in [6.07, 6.45) is 9.49. The molecule has 0 radical (unpaired) electrons. The van der Waals surface area contributed by atoms with Gasteiger partial charge >= 0.3 is 0 Å². The average molecular weight is 670 g/mol. The second-order valence-electron chi connectivity index (χ2n) is 18.0. The molecule has 5 aromatic carbocycles. The van der Waals surface area contributed by atoms with Crippen molar-refractivity contribution in [2.75, 3.05) is 4.90 Å². The van der Waals surface area contributed by atoms with Crippen molar-refractivity contribution < 1.29 is 0 Å². The Kier molecular flexibility index (Phi) is 6.04. The van der Waals surface area contributed by atoms with Crippen molar-refractivity contribution in [3.05, 3.63) is 125 Å². The predicted octanol–water partition coefficient (Wildman–Crippen LogP) is 13.6. The minimum absolute atomic E-state index is 0.0861. The van der Waals surface area contributed by atoms with Crippen LogP contribution in [0.25, 0.3) is 31.3 Å². The average Bonchev–Trinajstić information content (AvgIpc) is 3.63. The van der Waals surface area contributed by atoms with Crippen LogP contribution < -0.4 is 4.90 Å². The third kappa shape index (κ3) is 3.90. The normalized spacial score (nSPS) is 27.8. The Labute approximate surface area is 301 Å². The molecule has 4 bridgehead atoms. The molecular weight excluding hydrogens is 623 g/mol. The summed E-state index contributed by atoms with van der Waals surface area (Å²) < 4.78 is 2.74. The number of rotatable bonds is 3. The molecule has 0 aliphatic heterocycles. The van der Waals surface area contributed by atoms with E-state index in [1.54, 1.807) is 11.1 Å². The van der Waals surface area contributed by atoms with Gasteiger partial charge in [0.15, 0.2) is 0 Å². The Morgan fingerprint density at radius 2 is 1.18 bits per heavy atom. The second-order valence-corrected chi connectivity index (χ2v) is 19.1. The van der Waals surface area contributed by atoms with Gasteiger partial charge in [-0.1, -0.05) is 88.4 Å². The first-order valence-electron chi connectivity index (χ1n) is 19.3. The van der Waals surface area contributed by atoms with Crippen molar-refractivity contribution in [1.29, 1.82) is 0 Å². The highest BCUT2D eigenvalue weighted by atomic mass is 32.1. The van der Waals surface area contributed by atoms with E-state index in [9.17, 15) is 0 Å².